The number of benzene rings is 3. The Bertz CT molecular complexity index is 1340. The van der Waals surface area contributed by atoms with Crippen LogP contribution in [0.5, 0.6) is 11.5 Å². The van der Waals surface area contributed by atoms with Crippen molar-refractivity contribution in [1.82, 2.24) is 5.32 Å². The molecule has 1 aliphatic rings. The Hall–Kier alpha value is -4.17. The monoisotopic (exact) mass is 508 g/mol. The Balaban J connectivity index is 1.62. The first-order chi connectivity index (χ1) is 17.4. The maximum absolute atomic E-state index is 13.5. The summed E-state index contributed by atoms with van der Waals surface area (Å²) in [7, 11) is 0. The van der Waals surface area contributed by atoms with Crippen LogP contribution in [0, 0.1) is 5.82 Å². The lowest BCUT2D eigenvalue weighted by atomic mass is 10.1. The Morgan fingerprint density at radius 2 is 1.78 bits per heavy atom. The smallest absolute Gasteiger partial charge is 0.335 e. The zero-order chi connectivity index (χ0) is 25.7. The number of urea groups is 1. The van der Waals surface area contributed by atoms with E-state index in [2.05, 4.69) is 5.32 Å². The van der Waals surface area contributed by atoms with Crippen LogP contribution in [-0.2, 0) is 16.2 Å². The largest absolute Gasteiger partial charge is 0.494 e. The number of anilines is 1. The standard InChI is InChI=1S/C27H22ClFN2O5/c1-2-12-35-22-9-7-21(8-10-22)31-26(33)23(25(32)30-27(31)34)15-18-14-19(28)6-11-24(18)36-16-17-4-3-5-20(29)13-17/h3-11,13-15H,2,12,16H2,1H3,(H,30,32,34)/b23-15-. The fourth-order valence-corrected chi connectivity index (χ4v) is 3.69. The molecule has 1 aliphatic heterocycles. The molecule has 1 N–H and O–H groups in total. The van der Waals surface area contributed by atoms with E-state index >= 15 is 0 Å². The van der Waals surface area contributed by atoms with Gasteiger partial charge in [0, 0.05) is 10.6 Å². The second-order valence-electron chi connectivity index (χ2n) is 7.90. The van der Waals surface area contributed by atoms with E-state index in [1.807, 2.05) is 6.92 Å². The lowest BCUT2D eigenvalue weighted by Gasteiger charge is -2.26. The van der Waals surface area contributed by atoms with Crippen LogP contribution in [-0.4, -0.2) is 24.5 Å². The summed E-state index contributed by atoms with van der Waals surface area (Å²) in [6.07, 6.45) is 2.14. The van der Waals surface area contributed by atoms with E-state index in [0.29, 0.717) is 34.3 Å². The minimum absolute atomic E-state index is 0.0484. The third kappa shape index (κ3) is 5.72. The highest BCUT2D eigenvalue weighted by Crippen LogP contribution is 2.29. The number of halogens is 2. The van der Waals surface area contributed by atoms with Crippen molar-refractivity contribution in [1.29, 1.82) is 0 Å². The first-order valence-corrected chi connectivity index (χ1v) is 11.5. The van der Waals surface area contributed by atoms with Crippen LogP contribution in [0.2, 0.25) is 5.02 Å². The summed E-state index contributed by atoms with van der Waals surface area (Å²) in [5.41, 5.74) is 0.931. The third-order valence-corrected chi connectivity index (χ3v) is 5.46. The van der Waals surface area contributed by atoms with Gasteiger partial charge in [-0.05, 0) is 72.7 Å². The van der Waals surface area contributed by atoms with Crippen molar-refractivity contribution in [3.05, 3.63) is 94.3 Å². The predicted molar refractivity (Wildman–Crippen MR) is 133 cm³/mol. The first-order valence-electron chi connectivity index (χ1n) is 11.2. The lowest BCUT2D eigenvalue weighted by Crippen LogP contribution is -2.54. The number of imide groups is 2. The maximum atomic E-state index is 13.5. The van der Waals surface area contributed by atoms with Crippen LogP contribution in [0.4, 0.5) is 14.9 Å². The van der Waals surface area contributed by atoms with Gasteiger partial charge in [-0.2, -0.15) is 0 Å². The van der Waals surface area contributed by atoms with Crippen molar-refractivity contribution in [2.24, 2.45) is 0 Å². The van der Waals surface area contributed by atoms with Crippen LogP contribution in [0.25, 0.3) is 6.08 Å². The topological polar surface area (TPSA) is 84.9 Å². The van der Waals surface area contributed by atoms with Gasteiger partial charge in [-0.25, -0.2) is 14.1 Å². The highest BCUT2D eigenvalue weighted by atomic mass is 35.5. The predicted octanol–water partition coefficient (Wildman–Crippen LogP) is 5.51. The lowest BCUT2D eigenvalue weighted by molar-refractivity contribution is -0.122. The molecule has 7 nitrogen and oxygen atoms in total. The van der Waals surface area contributed by atoms with Gasteiger partial charge in [0.2, 0.25) is 0 Å². The second kappa shape index (κ2) is 11.0. The molecule has 0 atom stereocenters. The number of nitrogens with zero attached hydrogens (tertiary/aromatic N) is 1. The van der Waals surface area contributed by atoms with E-state index < -0.39 is 23.7 Å². The molecule has 0 bridgehead atoms. The minimum Gasteiger partial charge on any atom is -0.494 e. The molecule has 184 valence electrons. The molecule has 0 saturated carbocycles. The minimum atomic E-state index is -0.863. The molecular formula is C27H22ClFN2O5. The van der Waals surface area contributed by atoms with Crippen LogP contribution in [0.15, 0.2) is 72.3 Å². The van der Waals surface area contributed by atoms with E-state index in [4.69, 9.17) is 21.1 Å². The first kappa shape index (κ1) is 24.9. The number of ether oxygens (including phenoxy) is 2. The number of hydrogen-bond acceptors (Lipinski definition) is 5. The van der Waals surface area contributed by atoms with E-state index in [-0.39, 0.29) is 17.9 Å². The number of barbiturate groups is 1. The van der Waals surface area contributed by atoms with Gasteiger partial charge in [-0.3, -0.25) is 14.9 Å². The number of rotatable bonds is 8. The molecule has 3 aromatic rings. The SMILES string of the molecule is CCCOc1ccc(N2C(=O)NC(=O)/C(=C/c3cc(Cl)ccc3OCc3cccc(F)c3)C2=O)cc1. The average Bonchev–Trinajstić information content (AvgIpc) is 2.85. The molecule has 36 heavy (non-hydrogen) atoms. The third-order valence-electron chi connectivity index (χ3n) is 5.22. The summed E-state index contributed by atoms with van der Waals surface area (Å²) in [4.78, 5) is 39.2. The Kier molecular flexibility index (Phi) is 7.65. The zero-order valence-corrected chi connectivity index (χ0v) is 20.0. The molecule has 0 aliphatic carbocycles. The molecule has 0 radical (unpaired) electrons. The van der Waals surface area contributed by atoms with Gasteiger partial charge < -0.3 is 9.47 Å². The van der Waals surface area contributed by atoms with Crippen LogP contribution >= 0.6 is 11.6 Å². The van der Waals surface area contributed by atoms with Gasteiger partial charge >= 0.3 is 6.03 Å². The van der Waals surface area contributed by atoms with E-state index in [9.17, 15) is 18.8 Å². The molecule has 0 aromatic heterocycles. The average molecular weight is 509 g/mol. The summed E-state index contributed by atoms with van der Waals surface area (Å²) in [5, 5.41) is 2.53. The number of nitrogens with one attached hydrogen (secondary N) is 1. The van der Waals surface area contributed by atoms with Crippen LogP contribution in [0.1, 0.15) is 24.5 Å². The Morgan fingerprint density at radius 3 is 2.50 bits per heavy atom. The van der Waals surface area contributed by atoms with E-state index in [1.54, 1.807) is 48.5 Å². The molecule has 1 fully saturated rings. The van der Waals surface area contributed by atoms with Crippen LogP contribution in [0.3, 0.4) is 0 Å². The Labute approximate surface area is 212 Å². The number of carbonyl (C=O) groups excluding carboxylic acids is 3. The summed E-state index contributed by atoms with van der Waals surface area (Å²) >= 11 is 6.15. The number of amides is 4. The molecule has 1 saturated heterocycles. The molecule has 0 unspecified atom stereocenters. The van der Waals surface area contributed by atoms with Gasteiger partial charge in [-0.1, -0.05) is 30.7 Å². The summed E-state index contributed by atoms with van der Waals surface area (Å²) in [6, 6.07) is 16.2. The van der Waals surface area contributed by atoms with Crippen molar-refractivity contribution in [3.8, 4) is 11.5 Å². The van der Waals surface area contributed by atoms with Crippen molar-refractivity contribution in [2.75, 3.05) is 11.5 Å². The van der Waals surface area contributed by atoms with Gasteiger partial charge in [0.1, 0.15) is 29.5 Å². The highest BCUT2D eigenvalue weighted by Gasteiger charge is 2.37. The van der Waals surface area contributed by atoms with Crippen molar-refractivity contribution >= 4 is 41.2 Å². The molecule has 4 rings (SSSR count). The van der Waals surface area contributed by atoms with Gasteiger partial charge in [0.25, 0.3) is 11.8 Å². The van der Waals surface area contributed by atoms with E-state index in [0.717, 1.165) is 11.3 Å². The molecular weight excluding hydrogens is 487 g/mol. The fraction of sp³-hybridized carbons (Fsp3) is 0.148. The van der Waals surface area contributed by atoms with Gasteiger partial charge in [0.05, 0.1) is 12.3 Å². The van der Waals surface area contributed by atoms with Crippen molar-refractivity contribution in [3.63, 3.8) is 0 Å². The van der Waals surface area contributed by atoms with Crippen LogP contribution < -0.4 is 19.7 Å². The second-order valence-corrected chi connectivity index (χ2v) is 8.34. The van der Waals surface area contributed by atoms with Crippen molar-refractivity contribution < 1.29 is 28.2 Å². The number of carbonyl (C=O) groups is 3. The summed E-state index contributed by atoms with van der Waals surface area (Å²) in [6.45, 7) is 2.56. The number of hydrogen-bond donors (Lipinski definition) is 1. The molecule has 0 spiro atoms. The molecule has 9 heteroatoms. The highest BCUT2D eigenvalue weighted by molar-refractivity contribution is 6.39. The molecule has 1 heterocycles. The quantitative estimate of drug-likeness (QED) is 0.320. The van der Waals surface area contributed by atoms with Gasteiger partial charge in [-0.15, -0.1) is 0 Å². The fourth-order valence-electron chi connectivity index (χ4n) is 3.51. The Morgan fingerprint density at radius 1 is 1.00 bits per heavy atom. The molecule has 3 aromatic carbocycles. The summed E-state index contributed by atoms with van der Waals surface area (Å²) < 4.78 is 24.9. The van der Waals surface area contributed by atoms with E-state index in [1.165, 1.54) is 24.3 Å². The zero-order valence-electron chi connectivity index (χ0n) is 19.3. The van der Waals surface area contributed by atoms with Crippen molar-refractivity contribution in [2.45, 2.75) is 20.0 Å². The summed E-state index contributed by atoms with van der Waals surface area (Å²) in [5.74, 6) is -1.13. The van der Waals surface area contributed by atoms with Gasteiger partial charge in [0.15, 0.2) is 0 Å². The normalized spacial score (nSPS) is 14.7. The maximum Gasteiger partial charge on any atom is 0.335 e. The molecule has 4 amide bonds.